The van der Waals surface area contributed by atoms with E-state index in [-0.39, 0.29) is 11.4 Å². The molecule has 3 N–H and O–H groups in total. The topological polar surface area (TPSA) is 80.9 Å². The van der Waals surface area contributed by atoms with Crippen molar-refractivity contribution < 1.29 is 4.79 Å². The van der Waals surface area contributed by atoms with E-state index < -0.39 is 0 Å². The summed E-state index contributed by atoms with van der Waals surface area (Å²) in [6.07, 6.45) is 1.86. The summed E-state index contributed by atoms with van der Waals surface area (Å²) in [5, 5.41) is 3.77. The van der Waals surface area contributed by atoms with Crippen molar-refractivity contribution in [2.24, 2.45) is 0 Å². The van der Waals surface area contributed by atoms with Gasteiger partial charge in [0.15, 0.2) is 6.29 Å². The van der Waals surface area contributed by atoms with Gasteiger partial charge in [0, 0.05) is 5.69 Å². The number of carbonyl (C=O) groups excluding carboxylic acids is 1. The first kappa shape index (κ1) is 12.6. The normalized spacial score (nSPS) is 10.1. The minimum atomic E-state index is 0.113. The van der Waals surface area contributed by atoms with Crippen LogP contribution in [0.25, 0.3) is 0 Å². The maximum atomic E-state index is 10.9. The first-order chi connectivity index (χ1) is 8.61. The summed E-state index contributed by atoms with van der Waals surface area (Å²) in [5.74, 6) is 0.429. The third kappa shape index (κ3) is 2.52. The van der Waals surface area contributed by atoms with Crippen molar-refractivity contribution in [3.8, 4) is 0 Å². The van der Waals surface area contributed by atoms with E-state index in [1.54, 1.807) is 18.2 Å². The van der Waals surface area contributed by atoms with Gasteiger partial charge in [-0.15, -0.1) is 0 Å². The zero-order valence-electron chi connectivity index (χ0n) is 9.02. The van der Waals surface area contributed by atoms with Crippen LogP contribution >= 0.6 is 23.2 Å². The van der Waals surface area contributed by atoms with E-state index in [1.807, 2.05) is 0 Å². The lowest BCUT2D eigenvalue weighted by molar-refractivity contribution is 0.112. The quantitative estimate of drug-likeness (QED) is 0.846. The Labute approximate surface area is 113 Å². The zero-order valence-corrected chi connectivity index (χ0v) is 10.5. The second kappa shape index (κ2) is 5.20. The molecular weight excluding hydrogens is 275 g/mol. The van der Waals surface area contributed by atoms with Crippen LogP contribution in [0, 0.1) is 0 Å². The highest BCUT2D eigenvalue weighted by atomic mass is 35.5. The summed E-state index contributed by atoms with van der Waals surface area (Å²) in [6.45, 7) is 0. The third-order valence-corrected chi connectivity index (χ3v) is 2.95. The Bertz CT molecular complexity index is 604. The predicted molar refractivity (Wildman–Crippen MR) is 71.6 cm³/mol. The van der Waals surface area contributed by atoms with Crippen LogP contribution in [0.1, 0.15) is 10.4 Å². The molecule has 7 heteroatoms. The molecule has 0 atom stereocenters. The van der Waals surface area contributed by atoms with Crippen LogP contribution in [0.2, 0.25) is 10.0 Å². The molecule has 92 valence electrons. The lowest BCUT2D eigenvalue weighted by atomic mass is 10.2. The van der Waals surface area contributed by atoms with Crippen LogP contribution < -0.4 is 11.1 Å². The van der Waals surface area contributed by atoms with Crippen LogP contribution in [0.5, 0.6) is 0 Å². The molecule has 0 spiro atoms. The van der Waals surface area contributed by atoms with Crippen molar-refractivity contribution in [1.29, 1.82) is 0 Å². The maximum absolute atomic E-state index is 10.9. The van der Waals surface area contributed by atoms with Crippen molar-refractivity contribution >= 4 is 46.8 Å². The van der Waals surface area contributed by atoms with Crippen LogP contribution in [0.3, 0.4) is 0 Å². The molecule has 0 bridgehead atoms. The first-order valence-corrected chi connectivity index (χ1v) is 5.65. The van der Waals surface area contributed by atoms with Gasteiger partial charge in [0.2, 0.25) is 0 Å². The molecule has 0 aliphatic carbocycles. The number of hydrogen-bond acceptors (Lipinski definition) is 5. The molecule has 0 radical (unpaired) electrons. The van der Waals surface area contributed by atoms with Crippen LogP contribution in [-0.4, -0.2) is 16.3 Å². The zero-order chi connectivity index (χ0) is 13.1. The summed E-state index contributed by atoms with van der Waals surface area (Å²) in [7, 11) is 0. The third-order valence-electron chi connectivity index (χ3n) is 2.21. The molecule has 0 saturated carbocycles. The summed E-state index contributed by atoms with van der Waals surface area (Å²) in [4.78, 5) is 18.6. The Morgan fingerprint density at radius 3 is 2.67 bits per heavy atom. The van der Waals surface area contributed by atoms with Gasteiger partial charge in [-0.1, -0.05) is 23.2 Å². The highest BCUT2D eigenvalue weighted by Crippen LogP contribution is 2.27. The van der Waals surface area contributed by atoms with Gasteiger partial charge in [-0.3, -0.25) is 4.79 Å². The number of carbonyl (C=O) groups is 1. The van der Waals surface area contributed by atoms with Crippen molar-refractivity contribution in [3.63, 3.8) is 0 Å². The molecule has 5 nitrogen and oxygen atoms in total. The van der Waals surface area contributed by atoms with E-state index in [0.29, 0.717) is 27.8 Å². The second-order valence-electron chi connectivity index (χ2n) is 3.39. The summed E-state index contributed by atoms with van der Waals surface area (Å²) in [6, 6.07) is 4.97. The van der Waals surface area contributed by atoms with E-state index in [4.69, 9.17) is 28.9 Å². The molecule has 0 unspecified atom stereocenters. The van der Waals surface area contributed by atoms with Crippen molar-refractivity contribution in [2.45, 2.75) is 0 Å². The lowest BCUT2D eigenvalue weighted by Gasteiger charge is -2.09. The number of aldehydes is 1. The van der Waals surface area contributed by atoms with Gasteiger partial charge in [0.25, 0.3) is 0 Å². The molecule has 0 amide bonds. The van der Waals surface area contributed by atoms with E-state index in [0.717, 1.165) is 0 Å². The minimum absolute atomic E-state index is 0.113. The smallest absolute Gasteiger partial charge is 0.157 e. The summed E-state index contributed by atoms with van der Waals surface area (Å²) in [5.41, 5.74) is 6.41. The fourth-order valence-corrected chi connectivity index (χ4v) is 1.63. The number of benzene rings is 1. The second-order valence-corrected chi connectivity index (χ2v) is 4.21. The van der Waals surface area contributed by atoms with E-state index in [2.05, 4.69) is 15.3 Å². The average Bonchev–Trinajstić information content (AvgIpc) is 2.34. The standard InChI is InChI=1S/C11H8Cl2N4O/c12-8-2-1-6(3-9(8)13)17-11-7(4-18)10(14)15-5-16-11/h1-5H,(H3,14,15,16,17). The summed E-state index contributed by atoms with van der Waals surface area (Å²) < 4.78 is 0. The van der Waals surface area contributed by atoms with E-state index >= 15 is 0 Å². The molecule has 2 rings (SSSR count). The molecule has 0 saturated heterocycles. The van der Waals surface area contributed by atoms with Crippen LogP contribution in [-0.2, 0) is 0 Å². The van der Waals surface area contributed by atoms with E-state index in [1.165, 1.54) is 6.33 Å². The highest BCUT2D eigenvalue weighted by molar-refractivity contribution is 6.42. The molecule has 18 heavy (non-hydrogen) atoms. The molecule has 0 aliphatic heterocycles. The predicted octanol–water partition coefficient (Wildman–Crippen LogP) is 2.92. The van der Waals surface area contributed by atoms with Gasteiger partial charge in [-0.05, 0) is 18.2 Å². The number of nitrogens with zero attached hydrogens (tertiary/aromatic N) is 2. The van der Waals surface area contributed by atoms with Crippen LogP contribution in [0.4, 0.5) is 17.3 Å². The number of nitrogen functional groups attached to an aromatic ring is 1. The molecule has 1 aromatic heterocycles. The van der Waals surface area contributed by atoms with Crippen LogP contribution in [0.15, 0.2) is 24.5 Å². The molecule has 2 aromatic rings. The molecular formula is C11H8Cl2N4O. The van der Waals surface area contributed by atoms with Crippen molar-refractivity contribution in [2.75, 3.05) is 11.1 Å². The fraction of sp³-hybridized carbons (Fsp3) is 0. The Balaban J connectivity index is 2.36. The molecule has 0 fully saturated rings. The number of anilines is 3. The minimum Gasteiger partial charge on any atom is -0.383 e. The fourth-order valence-electron chi connectivity index (χ4n) is 1.34. The largest absolute Gasteiger partial charge is 0.383 e. The van der Waals surface area contributed by atoms with Gasteiger partial charge in [-0.25, -0.2) is 9.97 Å². The number of aromatic nitrogens is 2. The highest BCUT2D eigenvalue weighted by Gasteiger charge is 2.09. The number of halogens is 2. The number of nitrogens with two attached hydrogens (primary N) is 1. The Hall–Kier alpha value is -1.85. The number of nitrogens with one attached hydrogen (secondary N) is 1. The Morgan fingerprint density at radius 2 is 2.00 bits per heavy atom. The molecule has 1 heterocycles. The Kier molecular flexibility index (Phi) is 3.64. The number of rotatable bonds is 3. The SMILES string of the molecule is Nc1ncnc(Nc2ccc(Cl)c(Cl)c2)c1C=O. The van der Waals surface area contributed by atoms with E-state index in [9.17, 15) is 4.79 Å². The Morgan fingerprint density at radius 1 is 1.22 bits per heavy atom. The lowest BCUT2D eigenvalue weighted by Crippen LogP contribution is -2.04. The molecule has 1 aromatic carbocycles. The summed E-state index contributed by atoms with van der Waals surface area (Å²) >= 11 is 11.7. The van der Waals surface area contributed by atoms with Gasteiger partial charge < -0.3 is 11.1 Å². The average molecular weight is 283 g/mol. The van der Waals surface area contributed by atoms with Gasteiger partial charge >= 0.3 is 0 Å². The molecule has 0 aliphatic rings. The van der Waals surface area contributed by atoms with Gasteiger partial charge in [0.05, 0.1) is 15.6 Å². The number of hydrogen-bond donors (Lipinski definition) is 2. The van der Waals surface area contributed by atoms with Crippen molar-refractivity contribution in [1.82, 2.24) is 9.97 Å². The maximum Gasteiger partial charge on any atom is 0.157 e. The first-order valence-electron chi connectivity index (χ1n) is 4.89. The van der Waals surface area contributed by atoms with Gasteiger partial charge in [0.1, 0.15) is 18.0 Å². The van der Waals surface area contributed by atoms with Gasteiger partial charge in [-0.2, -0.15) is 0 Å². The van der Waals surface area contributed by atoms with Crippen molar-refractivity contribution in [3.05, 3.63) is 40.1 Å². The monoisotopic (exact) mass is 282 g/mol.